The van der Waals surface area contributed by atoms with Gasteiger partial charge in [0, 0.05) is 24.7 Å². The minimum Gasteiger partial charge on any atom is -0.387 e. The molecule has 1 amide bonds. The lowest BCUT2D eigenvalue weighted by atomic mass is 9.91. The average Bonchev–Trinajstić information content (AvgIpc) is 3.27. The maximum absolute atomic E-state index is 14.7. The molecule has 2 aromatic rings. The van der Waals surface area contributed by atoms with E-state index >= 15 is 0 Å². The van der Waals surface area contributed by atoms with E-state index in [1.807, 2.05) is 0 Å². The van der Waals surface area contributed by atoms with E-state index in [9.17, 15) is 23.1 Å². The molecule has 2 aromatic carbocycles. The molecule has 6 nitrogen and oxygen atoms in total. The number of nitrogens with zero attached hydrogens (tertiary/aromatic N) is 1. The van der Waals surface area contributed by atoms with Crippen molar-refractivity contribution < 1.29 is 23.1 Å². The lowest BCUT2D eigenvalue weighted by molar-refractivity contribution is -0.0784. The largest absolute Gasteiger partial charge is 0.387 e. The monoisotopic (exact) mass is 512 g/mol. The summed E-state index contributed by atoms with van der Waals surface area (Å²) in [6.45, 7) is 3.79. The van der Waals surface area contributed by atoms with Gasteiger partial charge in [0.15, 0.2) is 11.6 Å². The van der Waals surface area contributed by atoms with Gasteiger partial charge in [-0.2, -0.15) is 0 Å². The second-order valence-corrected chi connectivity index (χ2v) is 10.2. The third kappa shape index (κ3) is 5.24. The number of rotatable bonds is 8. The number of benzene rings is 2. The summed E-state index contributed by atoms with van der Waals surface area (Å²) in [7, 11) is 0. The van der Waals surface area contributed by atoms with Crippen LogP contribution in [-0.4, -0.2) is 54.2 Å². The summed E-state index contributed by atoms with van der Waals surface area (Å²) in [5.41, 5.74) is 1.65. The van der Waals surface area contributed by atoms with Crippen LogP contribution in [-0.2, 0) is 0 Å². The Kier molecular flexibility index (Phi) is 7.00. The molecule has 0 saturated carbocycles. The molecule has 1 fully saturated rings. The number of hydrogen-bond acceptors (Lipinski definition) is 5. The zero-order chi connectivity index (χ0) is 26.2. The number of β-amino-alcohol motifs (C(OH)–C–C–N with tert-alkyl or cyclic N) is 1. The predicted octanol–water partition coefficient (Wildman–Crippen LogP) is 4.15. The highest BCUT2D eigenvalue weighted by molar-refractivity contribution is 6.01. The van der Waals surface area contributed by atoms with Crippen LogP contribution in [0.25, 0.3) is 0 Å². The first-order chi connectivity index (χ1) is 17.7. The first-order valence-corrected chi connectivity index (χ1v) is 12.6. The molecule has 1 atom stereocenters. The highest BCUT2D eigenvalue weighted by Crippen LogP contribution is 2.32. The van der Waals surface area contributed by atoms with Crippen molar-refractivity contribution in [2.45, 2.75) is 31.8 Å². The summed E-state index contributed by atoms with van der Waals surface area (Å²) in [5.74, 6) is -3.19. The molecule has 2 aliphatic heterocycles. The van der Waals surface area contributed by atoms with Crippen LogP contribution in [0, 0.1) is 30.3 Å². The van der Waals surface area contributed by atoms with E-state index in [2.05, 4.69) is 28.1 Å². The summed E-state index contributed by atoms with van der Waals surface area (Å²) >= 11 is 0. The molecule has 0 spiro atoms. The number of carbonyl (C=O) groups is 1. The molecule has 1 saturated heterocycles. The standard InChI is InChI=1S/C28H31F3N4O2/c1-17-6-9-24(22(30)12-17)34-26-20(7-8-21(29)25(26)31)27(36)35-15-28(37,16-35)14-32-11-10-18-13-33-23-5-3-2-4-19(18)23/h2,4,6-9,12,18,32-34,37H,3,5,10-11,13-16H2,1H3. The molecule has 9 heteroatoms. The normalized spacial score (nSPS) is 19.9. The van der Waals surface area contributed by atoms with Crippen LogP contribution in [0.4, 0.5) is 24.5 Å². The predicted molar refractivity (Wildman–Crippen MR) is 136 cm³/mol. The molecule has 5 rings (SSSR count). The molecule has 1 aliphatic carbocycles. The van der Waals surface area contributed by atoms with E-state index in [0.29, 0.717) is 18.0 Å². The van der Waals surface area contributed by atoms with Gasteiger partial charge in [-0.3, -0.25) is 4.79 Å². The first-order valence-electron chi connectivity index (χ1n) is 12.6. The summed E-state index contributed by atoms with van der Waals surface area (Å²) < 4.78 is 43.0. The maximum Gasteiger partial charge on any atom is 0.256 e. The molecule has 0 radical (unpaired) electrons. The number of anilines is 2. The Morgan fingerprint density at radius 1 is 1.19 bits per heavy atom. The van der Waals surface area contributed by atoms with E-state index in [-0.39, 0.29) is 24.3 Å². The van der Waals surface area contributed by atoms with Crippen molar-refractivity contribution in [2.75, 3.05) is 38.0 Å². The van der Waals surface area contributed by atoms with Gasteiger partial charge >= 0.3 is 0 Å². The van der Waals surface area contributed by atoms with Gasteiger partial charge in [0.05, 0.1) is 30.0 Å². The smallest absolute Gasteiger partial charge is 0.256 e. The third-order valence-electron chi connectivity index (χ3n) is 7.30. The van der Waals surface area contributed by atoms with E-state index in [0.717, 1.165) is 38.4 Å². The van der Waals surface area contributed by atoms with Crippen LogP contribution >= 0.6 is 0 Å². The quantitative estimate of drug-likeness (QED) is 0.400. The van der Waals surface area contributed by atoms with E-state index in [4.69, 9.17) is 0 Å². The summed E-state index contributed by atoms with van der Waals surface area (Å²) in [5, 5.41) is 20.2. The Morgan fingerprint density at radius 3 is 2.78 bits per heavy atom. The van der Waals surface area contributed by atoms with Crippen LogP contribution in [0.5, 0.6) is 0 Å². The van der Waals surface area contributed by atoms with Crippen molar-refractivity contribution in [3.63, 3.8) is 0 Å². The van der Waals surface area contributed by atoms with E-state index in [1.54, 1.807) is 13.0 Å². The van der Waals surface area contributed by atoms with Gasteiger partial charge in [-0.25, -0.2) is 13.2 Å². The SMILES string of the molecule is Cc1ccc(Nc2c(C(=O)N3CC(O)(CNCCC4CNC5=C4C=CCC5)C3)ccc(F)c2F)c(F)c1. The number of hydrogen-bond donors (Lipinski definition) is 4. The highest BCUT2D eigenvalue weighted by atomic mass is 19.2. The fourth-order valence-corrected chi connectivity index (χ4v) is 5.26. The lowest BCUT2D eigenvalue weighted by Crippen LogP contribution is -2.67. The molecule has 196 valence electrons. The number of aliphatic hydroxyl groups is 1. The van der Waals surface area contributed by atoms with E-state index < -0.39 is 34.6 Å². The minimum absolute atomic E-state index is 0.0547. The van der Waals surface area contributed by atoms with Crippen molar-refractivity contribution in [3.05, 3.63) is 82.3 Å². The molecule has 0 aromatic heterocycles. The minimum atomic E-state index is -1.27. The number of carbonyl (C=O) groups excluding carboxylic acids is 1. The van der Waals surface area contributed by atoms with Crippen molar-refractivity contribution in [1.82, 2.24) is 15.5 Å². The number of allylic oxidation sites excluding steroid dienone is 3. The van der Waals surface area contributed by atoms with Crippen LogP contribution in [0.15, 0.2) is 53.8 Å². The molecule has 37 heavy (non-hydrogen) atoms. The molecule has 3 aliphatic rings. The summed E-state index contributed by atoms with van der Waals surface area (Å²) in [4.78, 5) is 14.5. The van der Waals surface area contributed by atoms with Gasteiger partial charge in [0.2, 0.25) is 0 Å². The fourth-order valence-electron chi connectivity index (χ4n) is 5.26. The molecule has 2 heterocycles. The van der Waals surface area contributed by atoms with Gasteiger partial charge in [-0.1, -0.05) is 18.2 Å². The molecule has 4 N–H and O–H groups in total. The van der Waals surface area contributed by atoms with Crippen molar-refractivity contribution >= 4 is 17.3 Å². The summed E-state index contributed by atoms with van der Waals surface area (Å²) in [6.07, 6.45) is 7.49. The maximum atomic E-state index is 14.7. The van der Waals surface area contributed by atoms with Crippen LogP contribution in [0.2, 0.25) is 0 Å². The van der Waals surface area contributed by atoms with Gasteiger partial charge in [-0.05, 0) is 68.1 Å². The van der Waals surface area contributed by atoms with Gasteiger partial charge in [0.25, 0.3) is 5.91 Å². The Morgan fingerprint density at radius 2 is 2.00 bits per heavy atom. The number of aryl methyl sites for hydroxylation is 1. The number of halogens is 3. The topological polar surface area (TPSA) is 76.6 Å². The summed E-state index contributed by atoms with van der Waals surface area (Å²) in [6, 6.07) is 6.32. The average molecular weight is 513 g/mol. The Hall–Kier alpha value is -3.30. The van der Waals surface area contributed by atoms with Crippen molar-refractivity contribution in [3.8, 4) is 0 Å². The second kappa shape index (κ2) is 10.2. The molecular weight excluding hydrogens is 481 g/mol. The van der Waals surface area contributed by atoms with Crippen molar-refractivity contribution in [1.29, 1.82) is 0 Å². The zero-order valence-corrected chi connectivity index (χ0v) is 20.7. The van der Waals surface area contributed by atoms with Crippen LogP contribution < -0.4 is 16.0 Å². The Balaban J connectivity index is 1.18. The van der Waals surface area contributed by atoms with Gasteiger partial charge in [-0.15, -0.1) is 0 Å². The number of amides is 1. The molecule has 1 unspecified atom stereocenters. The first kappa shape index (κ1) is 25.4. The van der Waals surface area contributed by atoms with Gasteiger partial charge in [0.1, 0.15) is 11.4 Å². The Bertz CT molecular complexity index is 1270. The van der Waals surface area contributed by atoms with Gasteiger partial charge < -0.3 is 26.0 Å². The van der Waals surface area contributed by atoms with Crippen LogP contribution in [0.1, 0.15) is 35.2 Å². The zero-order valence-electron chi connectivity index (χ0n) is 20.7. The Labute approximate surface area is 214 Å². The second-order valence-electron chi connectivity index (χ2n) is 10.2. The van der Waals surface area contributed by atoms with E-state index in [1.165, 1.54) is 34.4 Å². The number of nitrogens with one attached hydrogen (secondary N) is 3. The van der Waals surface area contributed by atoms with Crippen molar-refractivity contribution in [2.24, 2.45) is 5.92 Å². The number of likely N-dealkylation sites (tertiary alicyclic amines) is 1. The van der Waals surface area contributed by atoms with Crippen LogP contribution in [0.3, 0.4) is 0 Å². The molecule has 0 bridgehead atoms. The molecular formula is C28H31F3N4O2. The third-order valence-corrected chi connectivity index (χ3v) is 7.30. The highest BCUT2D eigenvalue weighted by Gasteiger charge is 2.44. The lowest BCUT2D eigenvalue weighted by Gasteiger charge is -2.46. The fraction of sp³-hybridized carbons (Fsp3) is 0.393.